The number of hydrogen-bond acceptors (Lipinski definition) is 4. The molecule has 0 saturated heterocycles. The Morgan fingerprint density at radius 2 is 1.78 bits per heavy atom. The van der Waals surface area contributed by atoms with Crippen molar-refractivity contribution in [2.75, 3.05) is 14.1 Å². The fourth-order valence-electron chi connectivity index (χ4n) is 3.78. The molecule has 1 saturated carbocycles. The van der Waals surface area contributed by atoms with Crippen molar-refractivity contribution in [3.63, 3.8) is 0 Å². The molecule has 6 nitrogen and oxygen atoms in total. The average molecular weight is 632 g/mol. The Morgan fingerprint density at radius 3 is 2.20 bits per heavy atom. The zero-order valence-electron chi connectivity index (χ0n) is 27.9. The van der Waals surface area contributed by atoms with Gasteiger partial charge >= 0.3 is 6.18 Å². The van der Waals surface area contributed by atoms with Gasteiger partial charge in [0.2, 0.25) is 11.8 Å². The second-order valence-corrected chi connectivity index (χ2v) is 11.5. The molecule has 0 heterocycles. The highest BCUT2D eigenvalue weighted by atomic mass is 19.4. The van der Waals surface area contributed by atoms with Crippen LogP contribution >= 0.6 is 0 Å². The minimum absolute atomic E-state index is 0. The number of aryl methyl sites for hydroxylation is 1. The standard InChI is InChI=1S/C19H28N3O2.C9H12F3N.C8H10.2H2/c1-6-8-9-14(13-20-5)12-16(21-17(23)15-10-11-15)18(24)22-19(3,4)7-2;1-6(7-3-4-7)5-8(13-2)9(10,11)12;1-2-8-6-4-3-5-7-8;;/h6,9-11,13,16,20H,7,12H2,1-5H3,(H,21,23)(H,22,24);5,7H,3-4H2,1-2H3;3-7H,2H2,1H3;2*1H/b14-13+;6-5+,13-8?;;;/t8?,16-;;;;/m1..../s1. The number of rotatable bonds is 12. The molecule has 1 aromatic carbocycles. The van der Waals surface area contributed by atoms with Gasteiger partial charge in [0.15, 0.2) is 0 Å². The van der Waals surface area contributed by atoms with Crippen LogP contribution in [0.15, 0.2) is 88.3 Å². The number of allylic oxidation sites excluding steroid dienone is 4. The van der Waals surface area contributed by atoms with E-state index < -0.39 is 17.9 Å². The average Bonchev–Trinajstić information content (AvgIpc) is 3.91. The van der Waals surface area contributed by atoms with E-state index in [9.17, 15) is 22.8 Å². The summed E-state index contributed by atoms with van der Waals surface area (Å²) in [4.78, 5) is 27.9. The smallest absolute Gasteiger partial charge is 0.394 e. The molecular weight excluding hydrogens is 577 g/mol. The molecule has 45 heavy (non-hydrogen) atoms. The number of carbonyl (C=O) groups excluding carboxylic acids is 2. The molecule has 0 spiro atoms. The lowest BCUT2D eigenvalue weighted by Crippen LogP contribution is -2.53. The lowest BCUT2D eigenvalue weighted by atomic mass is 9.99. The SMILES string of the molecule is CC=C=C/C(=C\NC)C[C@@H](NC(=O)C1=C[CH]1)C(=O)NC(C)(C)CC.CCc1ccccc1.CN=C(/C=C(\C)C1CC1)C(F)(F)F.[HH].[HH]. The number of nitrogens with one attached hydrogen (secondary N) is 3. The van der Waals surface area contributed by atoms with E-state index in [1.54, 1.807) is 44.8 Å². The van der Waals surface area contributed by atoms with Crippen LogP contribution in [-0.4, -0.2) is 49.4 Å². The maximum absolute atomic E-state index is 12.7. The summed E-state index contributed by atoms with van der Waals surface area (Å²) in [5, 5.41) is 8.77. The Kier molecular flexibility index (Phi) is 17.0. The van der Waals surface area contributed by atoms with Crippen LogP contribution < -0.4 is 16.0 Å². The summed E-state index contributed by atoms with van der Waals surface area (Å²) in [6, 6.07) is 9.81. The number of hydrogen-bond donors (Lipinski definition) is 3. The zero-order valence-corrected chi connectivity index (χ0v) is 27.9. The van der Waals surface area contributed by atoms with Gasteiger partial charge in [0.05, 0.1) is 0 Å². The molecule has 9 heteroatoms. The van der Waals surface area contributed by atoms with Crippen LogP contribution in [-0.2, 0) is 16.0 Å². The van der Waals surface area contributed by atoms with E-state index in [-0.39, 0.29) is 20.2 Å². The highest BCUT2D eigenvalue weighted by Gasteiger charge is 2.35. The molecule has 0 bridgehead atoms. The van der Waals surface area contributed by atoms with Gasteiger partial charge in [-0.25, -0.2) is 0 Å². The van der Waals surface area contributed by atoms with Crippen LogP contribution in [0.2, 0.25) is 0 Å². The van der Waals surface area contributed by atoms with E-state index >= 15 is 0 Å². The first-order valence-corrected chi connectivity index (χ1v) is 15.4. The molecule has 251 valence electrons. The molecule has 1 aromatic rings. The van der Waals surface area contributed by atoms with Crippen LogP contribution in [0.1, 0.15) is 75.6 Å². The Bertz CT molecular complexity index is 1290. The predicted octanol–water partition coefficient (Wildman–Crippen LogP) is 7.86. The number of carbonyl (C=O) groups is 2. The van der Waals surface area contributed by atoms with Gasteiger partial charge < -0.3 is 16.0 Å². The number of benzene rings is 1. The molecule has 3 rings (SSSR count). The molecule has 2 aliphatic rings. The largest absolute Gasteiger partial charge is 0.432 e. The molecule has 1 atom stereocenters. The van der Waals surface area contributed by atoms with E-state index in [1.807, 2.05) is 33.8 Å². The van der Waals surface area contributed by atoms with Crippen LogP contribution in [0.3, 0.4) is 0 Å². The van der Waals surface area contributed by atoms with Gasteiger partial charge in [-0.3, -0.25) is 14.6 Å². The fourth-order valence-corrected chi connectivity index (χ4v) is 3.78. The van der Waals surface area contributed by atoms with Crippen molar-refractivity contribution in [2.45, 2.75) is 91.4 Å². The highest BCUT2D eigenvalue weighted by molar-refractivity contribution is 6.03. The van der Waals surface area contributed by atoms with Gasteiger partial charge in [0, 0.05) is 47.1 Å². The highest BCUT2D eigenvalue weighted by Crippen LogP contribution is 2.36. The Morgan fingerprint density at radius 1 is 1.16 bits per heavy atom. The van der Waals surface area contributed by atoms with E-state index in [0.717, 1.165) is 42.9 Å². The summed E-state index contributed by atoms with van der Waals surface area (Å²) >= 11 is 0. The van der Waals surface area contributed by atoms with Crippen molar-refractivity contribution in [2.24, 2.45) is 10.9 Å². The van der Waals surface area contributed by atoms with Gasteiger partial charge in [-0.15, -0.1) is 5.73 Å². The molecule has 3 N–H and O–H groups in total. The van der Waals surface area contributed by atoms with Crippen molar-refractivity contribution < 1.29 is 25.6 Å². The van der Waals surface area contributed by atoms with E-state index in [1.165, 1.54) is 12.6 Å². The Hall–Kier alpha value is -3.84. The third-order valence-electron chi connectivity index (χ3n) is 7.14. The van der Waals surface area contributed by atoms with E-state index in [2.05, 4.69) is 57.9 Å². The molecule has 0 aromatic heterocycles. The van der Waals surface area contributed by atoms with Crippen molar-refractivity contribution in [1.29, 1.82) is 0 Å². The van der Waals surface area contributed by atoms with Crippen LogP contribution in [0, 0.1) is 12.3 Å². The van der Waals surface area contributed by atoms with E-state index in [0.29, 0.717) is 17.9 Å². The normalized spacial score (nSPS) is 15.4. The monoisotopic (exact) mass is 631 g/mol. The minimum atomic E-state index is -4.31. The lowest BCUT2D eigenvalue weighted by molar-refractivity contribution is -0.128. The third kappa shape index (κ3) is 16.7. The molecular formula is C36H54F3N4O2. The fraction of sp³-hybridized carbons (Fsp3) is 0.472. The van der Waals surface area contributed by atoms with Crippen LogP contribution in [0.4, 0.5) is 13.2 Å². The quantitative estimate of drug-likeness (QED) is 0.125. The van der Waals surface area contributed by atoms with Gasteiger partial charge in [0.25, 0.3) is 0 Å². The summed E-state index contributed by atoms with van der Waals surface area (Å²) in [7, 11) is 2.96. The summed E-state index contributed by atoms with van der Waals surface area (Å²) in [5.74, 6) is -0.0466. The maximum Gasteiger partial charge on any atom is 0.432 e. The van der Waals surface area contributed by atoms with Crippen molar-refractivity contribution in [3.05, 3.63) is 95.3 Å². The van der Waals surface area contributed by atoms with Crippen molar-refractivity contribution in [1.82, 2.24) is 16.0 Å². The second kappa shape index (κ2) is 19.5. The van der Waals surface area contributed by atoms with Crippen molar-refractivity contribution in [3.8, 4) is 0 Å². The van der Waals surface area contributed by atoms with Crippen LogP contribution in [0.5, 0.6) is 0 Å². The minimum Gasteiger partial charge on any atom is -0.394 e. The molecule has 1 fully saturated rings. The third-order valence-corrected chi connectivity index (χ3v) is 7.14. The zero-order chi connectivity index (χ0) is 34.0. The summed E-state index contributed by atoms with van der Waals surface area (Å²) < 4.78 is 36.6. The molecule has 0 unspecified atom stereocenters. The topological polar surface area (TPSA) is 82.6 Å². The Labute approximate surface area is 270 Å². The molecule has 2 amide bonds. The summed E-state index contributed by atoms with van der Waals surface area (Å²) in [5.41, 5.74) is 5.59. The summed E-state index contributed by atoms with van der Waals surface area (Å²) in [6.45, 7) is 11.7. The molecule has 1 radical (unpaired) electrons. The predicted molar refractivity (Wildman–Crippen MR) is 183 cm³/mol. The van der Waals surface area contributed by atoms with Crippen molar-refractivity contribution >= 4 is 17.5 Å². The number of halogens is 3. The Balaban J connectivity index is 0. The first-order chi connectivity index (χ1) is 21.2. The second-order valence-electron chi connectivity index (χ2n) is 11.5. The number of alkyl halides is 3. The number of amides is 2. The molecule has 2 aliphatic carbocycles. The van der Waals surface area contributed by atoms with Crippen LogP contribution in [0.25, 0.3) is 0 Å². The first kappa shape index (κ1) is 39.2. The number of nitrogens with zero attached hydrogens (tertiary/aromatic N) is 1. The van der Waals surface area contributed by atoms with Gasteiger partial charge in [-0.2, -0.15) is 13.2 Å². The molecule has 0 aliphatic heterocycles. The van der Waals surface area contributed by atoms with Gasteiger partial charge in [-0.05, 0) is 88.7 Å². The van der Waals surface area contributed by atoms with E-state index in [4.69, 9.17) is 0 Å². The summed E-state index contributed by atoms with van der Waals surface area (Å²) in [6.07, 6.45) is 10.0. The van der Waals surface area contributed by atoms with Gasteiger partial charge in [-0.1, -0.05) is 55.8 Å². The lowest BCUT2D eigenvalue weighted by Gasteiger charge is -2.28. The number of aliphatic imine (C=N–C) groups is 1. The van der Waals surface area contributed by atoms with Gasteiger partial charge in [0.1, 0.15) is 11.8 Å². The maximum atomic E-state index is 12.7. The first-order valence-electron chi connectivity index (χ1n) is 15.4.